The van der Waals surface area contributed by atoms with Crippen LogP contribution in [0.25, 0.3) is 0 Å². The van der Waals surface area contributed by atoms with Gasteiger partial charge in [-0.25, -0.2) is 8.42 Å². The fourth-order valence-electron chi connectivity index (χ4n) is 0.523. The van der Waals surface area contributed by atoms with Crippen molar-refractivity contribution in [2.24, 2.45) is 0 Å². The van der Waals surface area contributed by atoms with Gasteiger partial charge in [0.2, 0.25) is 5.12 Å². The number of halogens is 1. The molecule has 0 aromatic heterocycles. The zero-order chi connectivity index (χ0) is 9.61. The van der Waals surface area contributed by atoms with Crippen LogP contribution in [-0.4, -0.2) is 44.9 Å². The SMILES string of the molecule is CNCCSC(=O)CS(C)(=O)=O.Cl. The van der Waals surface area contributed by atoms with Crippen LogP contribution in [0, 0.1) is 0 Å². The first-order valence-corrected chi connectivity index (χ1v) is 6.48. The van der Waals surface area contributed by atoms with Gasteiger partial charge in [-0.3, -0.25) is 4.79 Å². The van der Waals surface area contributed by atoms with Crippen molar-refractivity contribution in [3.8, 4) is 0 Å². The topological polar surface area (TPSA) is 63.2 Å². The summed E-state index contributed by atoms with van der Waals surface area (Å²) in [6, 6.07) is 0. The molecule has 0 saturated heterocycles. The van der Waals surface area contributed by atoms with Gasteiger partial charge in [0.25, 0.3) is 0 Å². The van der Waals surface area contributed by atoms with E-state index < -0.39 is 9.84 Å². The van der Waals surface area contributed by atoms with Crippen LogP contribution in [-0.2, 0) is 14.6 Å². The minimum absolute atomic E-state index is 0. The predicted octanol–water partition coefficient (Wildman–Crippen LogP) is -0.0680. The number of carbonyl (C=O) groups is 1. The molecule has 80 valence electrons. The number of hydrogen-bond donors (Lipinski definition) is 1. The highest BCUT2D eigenvalue weighted by molar-refractivity contribution is 8.15. The Balaban J connectivity index is 0. The summed E-state index contributed by atoms with van der Waals surface area (Å²) < 4.78 is 21.2. The Hall–Kier alpha value is 0.220. The summed E-state index contributed by atoms with van der Waals surface area (Å²) in [4.78, 5) is 10.9. The zero-order valence-corrected chi connectivity index (χ0v) is 10.0. The lowest BCUT2D eigenvalue weighted by atomic mass is 10.8. The van der Waals surface area contributed by atoms with Crippen LogP contribution >= 0.6 is 24.2 Å². The maximum Gasteiger partial charge on any atom is 0.204 e. The molecular formula is C6H14ClNO3S2. The highest BCUT2D eigenvalue weighted by atomic mass is 35.5. The molecule has 0 unspecified atom stereocenters. The predicted molar refractivity (Wildman–Crippen MR) is 58.4 cm³/mol. The molecule has 0 aliphatic rings. The molecule has 0 rings (SSSR count). The van der Waals surface area contributed by atoms with Crippen molar-refractivity contribution in [1.29, 1.82) is 0 Å². The van der Waals surface area contributed by atoms with Gasteiger partial charge in [-0.1, -0.05) is 11.8 Å². The third-order valence-corrected chi connectivity index (χ3v) is 2.84. The van der Waals surface area contributed by atoms with Crippen molar-refractivity contribution in [3.63, 3.8) is 0 Å². The second-order valence-electron chi connectivity index (χ2n) is 2.39. The van der Waals surface area contributed by atoms with Gasteiger partial charge >= 0.3 is 0 Å². The molecule has 4 nitrogen and oxygen atoms in total. The third-order valence-electron chi connectivity index (χ3n) is 0.995. The number of sulfone groups is 1. The van der Waals surface area contributed by atoms with Gasteiger partial charge in [0, 0.05) is 18.6 Å². The van der Waals surface area contributed by atoms with Crippen LogP contribution in [0.4, 0.5) is 0 Å². The van der Waals surface area contributed by atoms with Crippen molar-refractivity contribution in [2.45, 2.75) is 0 Å². The Bertz CT molecular complexity index is 240. The van der Waals surface area contributed by atoms with E-state index in [9.17, 15) is 13.2 Å². The summed E-state index contributed by atoms with van der Waals surface area (Å²) >= 11 is 1.05. The molecule has 0 radical (unpaired) electrons. The first kappa shape index (κ1) is 15.7. The first-order chi connectivity index (χ1) is 5.45. The molecule has 0 saturated carbocycles. The Morgan fingerprint density at radius 1 is 1.46 bits per heavy atom. The minimum atomic E-state index is -3.15. The average molecular weight is 248 g/mol. The quantitative estimate of drug-likeness (QED) is 0.690. The van der Waals surface area contributed by atoms with Gasteiger partial charge in [-0.05, 0) is 7.05 Å². The largest absolute Gasteiger partial charge is 0.319 e. The number of nitrogens with one attached hydrogen (secondary N) is 1. The van der Waals surface area contributed by atoms with Gasteiger partial charge in [0.05, 0.1) is 0 Å². The number of carbonyl (C=O) groups excluding carboxylic acids is 1. The fourth-order valence-corrected chi connectivity index (χ4v) is 2.46. The van der Waals surface area contributed by atoms with Crippen LogP contribution < -0.4 is 5.32 Å². The molecule has 0 aromatic carbocycles. The molecule has 0 aliphatic carbocycles. The molecule has 0 atom stereocenters. The molecule has 0 bridgehead atoms. The highest BCUT2D eigenvalue weighted by Gasteiger charge is 2.10. The van der Waals surface area contributed by atoms with E-state index in [0.717, 1.165) is 18.0 Å². The van der Waals surface area contributed by atoms with Crippen LogP contribution in [0.1, 0.15) is 0 Å². The minimum Gasteiger partial charge on any atom is -0.319 e. The summed E-state index contributed by atoms with van der Waals surface area (Å²) in [5.41, 5.74) is 0. The van der Waals surface area contributed by atoms with Gasteiger partial charge in [-0.15, -0.1) is 12.4 Å². The van der Waals surface area contributed by atoms with E-state index in [4.69, 9.17) is 0 Å². The molecule has 0 spiro atoms. The Morgan fingerprint density at radius 2 is 2.00 bits per heavy atom. The third kappa shape index (κ3) is 12.2. The summed E-state index contributed by atoms with van der Waals surface area (Å²) in [5, 5.41) is 2.58. The number of hydrogen-bond acceptors (Lipinski definition) is 5. The number of rotatable bonds is 5. The Kier molecular flexibility index (Phi) is 9.18. The average Bonchev–Trinajstić information content (AvgIpc) is 1.84. The van der Waals surface area contributed by atoms with Crippen LogP contribution in [0.2, 0.25) is 0 Å². The molecule has 0 amide bonds. The van der Waals surface area contributed by atoms with Crippen LogP contribution in [0.5, 0.6) is 0 Å². The Labute approximate surface area is 89.2 Å². The fraction of sp³-hybridized carbons (Fsp3) is 0.833. The van der Waals surface area contributed by atoms with E-state index in [1.54, 1.807) is 7.05 Å². The van der Waals surface area contributed by atoms with Gasteiger partial charge in [-0.2, -0.15) is 0 Å². The van der Waals surface area contributed by atoms with Crippen molar-refractivity contribution >= 4 is 39.1 Å². The molecule has 0 heterocycles. The van der Waals surface area contributed by atoms with E-state index in [1.165, 1.54) is 0 Å². The molecule has 0 fully saturated rings. The van der Waals surface area contributed by atoms with Crippen molar-refractivity contribution < 1.29 is 13.2 Å². The molecular weight excluding hydrogens is 234 g/mol. The highest BCUT2D eigenvalue weighted by Crippen LogP contribution is 2.02. The van der Waals surface area contributed by atoms with Crippen molar-refractivity contribution in [2.75, 3.05) is 31.4 Å². The van der Waals surface area contributed by atoms with Crippen LogP contribution in [0.3, 0.4) is 0 Å². The van der Waals surface area contributed by atoms with Crippen molar-refractivity contribution in [1.82, 2.24) is 5.32 Å². The lowest BCUT2D eigenvalue weighted by Gasteiger charge is -1.98. The van der Waals surface area contributed by atoms with Gasteiger partial charge in [0.1, 0.15) is 5.75 Å². The standard InChI is InChI=1S/C6H13NO3S2.ClH/c1-7-3-4-11-6(8)5-12(2,9)10;/h7H,3-5H2,1-2H3;1H. The van der Waals surface area contributed by atoms with Gasteiger partial charge in [0.15, 0.2) is 9.84 Å². The second kappa shape index (κ2) is 7.61. The monoisotopic (exact) mass is 247 g/mol. The summed E-state index contributed by atoms with van der Waals surface area (Å²) in [5.74, 6) is 0.256. The lowest BCUT2D eigenvalue weighted by Crippen LogP contribution is -2.15. The maximum atomic E-state index is 10.9. The second-order valence-corrected chi connectivity index (χ2v) is 5.69. The zero-order valence-electron chi connectivity index (χ0n) is 7.57. The summed E-state index contributed by atoms with van der Waals surface area (Å²) in [6.07, 6.45) is 1.06. The van der Waals surface area contributed by atoms with Crippen molar-refractivity contribution in [3.05, 3.63) is 0 Å². The summed E-state index contributed by atoms with van der Waals surface area (Å²) in [7, 11) is -1.37. The molecule has 1 N–H and O–H groups in total. The van der Waals surface area contributed by atoms with E-state index >= 15 is 0 Å². The Morgan fingerprint density at radius 3 is 2.38 bits per heavy atom. The van der Waals surface area contributed by atoms with E-state index in [1.807, 2.05) is 0 Å². The smallest absolute Gasteiger partial charge is 0.204 e. The molecule has 7 heteroatoms. The maximum absolute atomic E-state index is 10.9. The molecule has 0 aromatic rings. The summed E-state index contributed by atoms with van der Waals surface area (Å²) in [6.45, 7) is 0.709. The van der Waals surface area contributed by atoms with Crippen LogP contribution in [0.15, 0.2) is 0 Å². The van der Waals surface area contributed by atoms with Gasteiger partial charge < -0.3 is 5.32 Å². The normalized spacial score (nSPS) is 10.6. The van der Waals surface area contributed by atoms with E-state index in [-0.39, 0.29) is 23.3 Å². The first-order valence-electron chi connectivity index (χ1n) is 3.43. The number of thioether (sulfide) groups is 1. The van der Waals surface area contributed by atoms with E-state index in [0.29, 0.717) is 12.3 Å². The van der Waals surface area contributed by atoms with E-state index in [2.05, 4.69) is 5.32 Å². The molecule has 13 heavy (non-hydrogen) atoms. The lowest BCUT2D eigenvalue weighted by molar-refractivity contribution is -0.108. The molecule has 0 aliphatic heterocycles.